The van der Waals surface area contributed by atoms with Crippen LogP contribution in [-0.2, 0) is 9.53 Å². The first-order valence-electron chi connectivity index (χ1n) is 6.61. The van der Waals surface area contributed by atoms with Crippen LogP contribution in [0.5, 0.6) is 0 Å². The van der Waals surface area contributed by atoms with Gasteiger partial charge in [-0.25, -0.2) is 0 Å². The number of thiophene rings is 1. The molecule has 1 aromatic heterocycles. The third-order valence-electron chi connectivity index (χ3n) is 3.78. The number of carboxylic acids is 1. The predicted molar refractivity (Wildman–Crippen MR) is 76.2 cm³/mol. The first kappa shape index (κ1) is 15.0. The molecular formula is C14H19NO4S. The van der Waals surface area contributed by atoms with Crippen LogP contribution in [0.15, 0.2) is 6.07 Å². The summed E-state index contributed by atoms with van der Waals surface area (Å²) in [7, 11) is 0. The summed E-state index contributed by atoms with van der Waals surface area (Å²) in [4.78, 5) is 25.7. The number of ether oxygens (including phenoxy) is 1. The summed E-state index contributed by atoms with van der Waals surface area (Å²) in [5.41, 5.74) is -0.257. The van der Waals surface area contributed by atoms with Gasteiger partial charge in [0.15, 0.2) is 0 Å². The van der Waals surface area contributed by atoms with E-state index in [9.17, 15) is 14.7 Å². The van der Waals surface area contributed by atoms with Crippen molar-refractivity contribution in [3.05, 3.63) is 21.4 Å². The van der Waals surface area contributed by atoms with E-state index >= 15 is 0 Å². The maximum Gasteiger partial charge on any atom is 0.311 e. The highest BCUT2D eigenvalue weighted by molar-refractivity contribution is 7.12. The molecule has 6 heteroatoms. The van der Waals surface area contributed by atoms with Crippen LogP contribution in [0.3, 0.4) is 0 Å². The molecule has 1 amide bonds. The molecule has 0 radical (unpaired) electrons. The fraction of sp³-hybridized carbons (Fsp3) is 0.571. The molecule has 0 unspecified atom stereocenters. The molecule has 0 spiro atoms. The number of hydrogen-bond donors (Lipinski definition) is 2. The van der Waals surface area contributed by atoms with Crippen LogP contribution in [-0.4, -0.2) is 36.7 Å². The number of amides is 1. The lowest BCUT2D eigenvalue weighted by Crippen LogP contribution is -2.46. The van der Waals surface area contributed by atoms with Gasteiger partial charge in [0.1, 0.15) is 0 Å². The minimum atomic E-state index is -0.896. The van der Waals surface area contributed by atoms with Gasteiger partial charge in [-0.1, -0.05) is 0 Å². The third kappa shape index (κ3) is 3.02. The van der Waals surface area contributed by atoms with Gasteiger partial charge in [0, 0.05) is 29.5 Å². The second-order valence-corrected chi connectivity index (χ2v) is 6.67. The second-order valence-electron chi connectivity index (χ2n) is 5.21. The van der Waals surface area contributed by atoms with Crippen LogP contribution < -0.4 is 5.32 Å². The van der Waals surface area contributed by atoms with Crippen molar-refractivity contribution < 1.29 is 19.4 Å². The number of hydrogen-bond acceptors (Lipinski definition) is 4. The van der Waals surface area contributed by atoms with E-state index in [1.165, 1.54) is 0 Å². The quantitative estimate of drug-likeness (QED) is 0.891. The maximum atomic E-state index is 12.2. The van der Waals surface area contributed by atoms with E-state index in [1.54, 1.807) is 11.3 Å². The molecule has 5 nitrogen and oxygen atoms in total. The van der Waals surface area contributed by atoms with Gasteiger partial charge < -0.3 is 15.2 Å². The van der Waals surface area contributed by atoms with Crippen molar-refractivity contribution in [3.63, 3.8) is 0 Å². The summed E-state index contributed by atoms with van der Waals surface area (Å²) in [6, 6.07) is 1.84. The summed E-state index contributed by atoms with van der Waals surface area (Å²) in [5.74, 6) is -1.06. The second kappa shape index (κ2) is 5.93. The van der Waals surface area contributed by atoms with Gasteiger partial charge in [-0.3, -0.25) is 9.59 Å². The number of carbonyl (C=O) groups excluding carboxylic acids is 1. The van der Waals surface area contributed by atoms with E-state index in [0.29, 0.717) is 31.6 Å². The minimum absolute atomic E-state index is 0.152. The van der Waals surface area contributed by atoms with Crippen LogP contribution in [0, 0.1) is 19.3 Å². The Hall–Kier alpha value is -1.40. The van der Waals surface area contributed by atoms with E-state index in [2.05, 4.69) is 5.32 Å². The summed E-state index contributed by atoms with van der Waals surface area (Å²) in [5, 5.41) is 12.2. The van der Waals surface area contributed by atoms with Crippen molar-refractivity contribution >= 4 is 23.2 Å². The van der Waals surface area contributed by atoms with Crippen molar-refractivity contribution in [3.8, 4) is 0 Å². The monoisotopic (exact) mass is 297 g/mol. The van der Waals surface area contributed by atoms with Crippen LogP contribution in [0.25, 0.3) is 0 Å². The number of rotatable bonds is 4. The van der Waals surface area contributed by atoms with Crippen molar-refractivity contribution in [2.75, 3.05) is 19.8 Å². The standard InChI is InChI=1S/C14H19NO4S/c1-9-7-11(10(2)20-9)12(16)15-8-14(13(17)18)3-5-19-6-4-14/h7H,3-6,8H2,1-2H3,(H,15,16)(H,17,18). The molecule has 0 saturated carbocycles. The lowest BCUT2D eigenvalue weighted by atomic mass is 9.80. The first-order chi connectivity index (χ1) is 9.44. The molecule has 20 heavy (non-hydrogen) atoms. The molecule has 1 fully saturated rings. The Kier molecular flexibility index (Phi) is 4.45. The minimum Gasteiger partial charge on any atom is -0.481 e. The van der Waals surface area contributed by atoms with Gasteiger partial charge >= 0.3 is 5.97 Å². The third-order valence-corrected chi connectivity index (χ3v) is 4.74. The maximum absolute atomic E-state index is 12.2. The van der Waals surface area contributed by atoms with Gasteiger partial charge in [-0.2, -0.15) is 0 Å². The topological polar surface area (TPSA) is 75.6 Å². The lowest BCUT2D eigenvalue weighted by Gasteiger charge is -2.33. The van der Waals surface area contributed by atoms with Gasteiger partial charge in [0.2, 0.25) is 0 Å². The van der Waals surface area contributed by atoms with Gasteiger partial charge in [-0.15, -0.1) is 11.3 Å². The van der Waals surface area contributed by atoms with Crippen molar-refractivity contribution in [1.82, 2.24) is 5.32 Å². The highest BCUT2D eigenvalue weighted by Crippen LogP contribution is 2.30. The van der Waals surface area contributed by atoms with Gasteiger partial charge in [0.05, 0.1) is 11.0 Å². The lowest BCUT2D eigenvalue weighted by molar-refractivity contribution is -0.154. The van der Waals surface area contributed by atoms with Gasteiger partial charge in [-0.05, 0) is 32.8 Å². The van der Waals surface area contributed by atoms with E-state index in [0.717, 1.165) is 9.75 Å². The number of aryl methyl sites for hydroxylation is 2. The predicted octanol–water partition coefficient (Wildman–Crippen LogP) is 1.98. The molecule has 2 N–H and O–H groups in total. The highest BCUT2D eigenvalue weighted by atomic mass is 32.1. The number of aliphatic carboxylic acids is 1. The molecule has 0 atom stereocenters. The smallest absolute Gasteiger partial charge is 0.311 e. The molecular weight excluding hydrogens is 278 g/mol. The Bertz CT molecular complexity index is 517. The molecule has 0 aromatic carbocycles. The largest absolute Gasteiger partial charge is 0.481 e. The Labute approximate surface area is 121 Å². The fourth-order valence-corrected chi connectivity index (χ4v) is 3.35. The van der Waals surface area contributed by atoms with E-state index in [4.69, 9.17) is 4.74 Å². The zero-order valence-electron chi connectivity index (χ0n) is 11.7. The fourth-order valence-electron chi connectivity index (χ4n) is 2.43. The summed E-state index contributed by atoms with van der Waals surface area (Å²) in [6.45, 7) is 4.86. The summed E-state index contributed by atoms with van der Waals surface area (Å²) >= 11 is 1.57. The Morgan fingerprint density at radius 2 is 2.05 bits per heavy atom. The SMILES string of the molecule is Cc1cc(C(=O)NCC2(C(=O)O)CCOCC2)c(C)s1. The van der Waals surface area contributed by atoms with Crippen molar-refractivity contribution in [1.29, 1.82) is 0 Å². The van der Waals surface area contributed by atoms with Crippen LogP contribution in [0.2, 0.25) is 0 Å². The molecule has 0 bridgehead atoms. The zero-order chi connectivity index (χ0) is 14.8. The average molecular weight is 297 g/mol. The van der Waals surface area contributed by atoms with Crippen LogP contribution >= 0.6 is 11.3 Å². The van der Waals surface area contributed by atoms with E-state index < -0.39 is 11.4 Å². The molecule has 0 aliphatic carbocycles. The number of carboxylic acid groups (broad SMARTS) is 1. The Morgan fingerprint density at radius 1 is 1.40 bits per heavy atom. The molecule has 2 rings (SSSR count). The first-order valence-corrected chi connectivity index (χ1v) is 7.43. The van der Waals surface area contributed by atoms with E-state index in [1.807, 2.05) is 19.9 Å². The molecule has 1 saturated heterocycles. The number of carbonyl (C=O) groups is 2. The van der Waals surface area contributed by atoms with Gasteiger partial charge in [0.25, 0.3) is 5.91 Å². The van der Waals surface area contributed by atoms with Crippen LogP contribution in [0.4, 0.5) is 0 Å². The van der Waals surface area contributed by atoms with Crippen molar-refractivity contribution in [2.24, 2.45) is 5.41 Å². The molecule has 2 heterocycles. The molecule has 1 aliphatic rings. The average Bonchev–Trinajstić information content (AvgIpc) is 2.76. The summed E-state index contributed by atoms with van der Waals surface area (Å²) in [6.07, 6.45) is 0.870. The molecule has 110 valence electrons. The Morgan fingerprint density at radius 3 is 2.55 bits per heavy atom. The van der Waals surface area contributed by atoms with Crippen LogP contribution in [0.1, 0.15) is 33.0 Å². The highest BCUT2D eigenvalue weighted by Gasteiger charge is 2.40. The molecule has 1 aromatic rings. The number of nitrogens with one attached hydrogen (secondary N) is 1. The summed E-state index contributed by atoms with van der Waals surface area (Å²) < 4.78 is 5.21. The Balaban J connectivity index is 2.04. The van der Waals surface area contributed by atoms with Crippen molar-refractivity contribution in [2.45, 2.75) is 26.7 Å². The molecule has 1 aliphatic heterocycles. The normalized spacial score (nSPS) is 17.7. The zero-order valence-corrected chi connectivity index (χ0v) is 12.5. The van der Waals surface area contributed by atoms with E-state index in [-0.39, 0.29) is 12.5 Å².